The number of carbonyl (C=O) groups is 1. The van der Waals surface area contributed by atoms with Gasteiger partial charge in [0.15, 0.2) is 0 Å². The number of oxazole rings is 1. The van der Waals surface area contributed by atoms with E-state index in [1.165, 1.54) is 0 Å². The third kappa shape index (κ3) is 4.28. The topological polar surface area (TPSA) is 67.6 Å². The van der Waals surface area contributed by atoms with Gasteiger partial charge in [0.05, 0.1) is 19.3 Å². The highest BCUT2D eigenvalue weighted by atomic mass is 16.5. The number of rotatable bonds is 6. The molecule has 0 fully saturated rings. The smallest absolute Gasteiger partial charge is 0.317 e. The molecule has 0 aliphatic carbocycles. The van der Waals surface area contributed by atoms with E-state index >= 15 is 0 Å². The van der Waals surface area contributed by atoms with Gasteiger partial charge in [-0.15, -0.1) is 0 Å². The number of nitrogens with one attached hydrogen (secondary N) is 1. The Bertz CT molecular complexity index is 677. The van der Waals surface area contributed by atoms with Crippen LogP contribution in [0.2, 0.25) is 0 Å². The molecule has 2 rings (SSSR count). The Morgan fingerprint density at radius 1 is 1.38 bits per heavy atom. The third-order valence-electron chi connectivity index (χ3n) is 4.15. The van der Waals surface area contributed by atoms with Gasteiger partial charge < -0.3 is 19.4 Å². The van der Waals surface area contributed by atoms with Gasteiger partial charge in [-0.05, 0) is 38.8 Å². The number of hydrogen-bond donors (Lipinski definition) is 1. The van der Waals surface area contributed by atoms with E-state index in [-0.39, 0.29) is 18.6 Å². The number of carbonyl (C=O) groups excluding carboxylic acids is 1. The lowest BCUT2D eigenvalue weighted by molar-refractivity contribution is 0.192. The van der Waals surface area contributed by atoms with Crippen LogP contribution in [0.1, 0.15) is 29.8 Å². The molecule has 1 heterocycles. The number of ether oxygens (including phenoxy) is 1. The second-order valence-electron chi connectivity index (χ2n) is 5.88. The van der Waals surface area contributed by atoms with Crippen molar-refractivity contribution in [3.05, 3.63) is 47.2 Å². The Hall–Kier alpha value is -2.50. The summed E-state index contributed by atoms with van der Waals surface area (Å²) in [5.41, 5.74) is 1.92. The monoisotopic (exact) mass is 331 g/mol. The summed E-state index contributed by atoms with van der Waals surface area (Å²) < 4.78 is 10.8. The molecule has 1 aromatic carbocycles. The maximum atomic E-state index is 12.3. The highest BCUT2D eigenvalue weighted by Crippen LogP contribution is 2.20. The van der Waals surface area contributed by atoms with Crippen LogP contribution < -0.4 is 10.1 Å². The van der Waals surface area contributed by atoms with Gasteiger partial charge in [0.2, 0.25) is 5.89 Å². The van der Waals surface area contributed by atoms with Crippen molar-refractivity contribution in [3.63, 3.8) is 0 Å². The average molecular weight is 331 g/mol. The first-order valence-corrected chi connectivity index (χ1v) is 7.97. The van der Waals surface area contributed by atoms with Crippen LogP contribution in [0.15, 0.2) is 28.7 Å². The highest BCUT2D eigenvalue weighted by molar-refractivity contribution is 5.74. The largest absolute Gasteiger partial charge is 0.496 e. The molecule has 2 amide bonds. The molecule has 2 aromatic rings. The van der Waals surface area contributed by atoms with Crippen LogP contribution in [-0.4, -0.2) is 36.1 Å². The Kier molecular flexibility index (Phi) is 5.84. The summed E-state index contributed by atoms with van der Waals surface area (Å²) in [6.07, 6.45) is 0.713. The summed E-state index contributed by atoms with van der Waals surface area (Å²) >= 11 is 0. The van der Waals surface area contributed by atoms with Crippen molar-refractivity contribution in [1.82, 2.24) is 15.2 Å². The van der Waals surface area contributed by atoms with Gasteiger partial charge in [-0.1, -0.05) is 18.2 Å². The van der Waals surface area contributed by atoms with Crippen molar-refractivity contribution in [1.29, 1.82) is 0 Å². The Balaban J connectivity index is 1.91. The second-order valence-corrected chi connectivity index (χ2v) is 5.88. The zero-order valence-electron chi connectivity index (χ0n) is 14.9. The minimum Gasteiger partial charge on any atom is -0.496 e. The number of likely N-dealkylation sites (N-methyl/N-ethyl adjacent to an activating group) is 1. The van der Waals surface area contributed by atoms with E-state index in [0.29, 0.717) is 12.3 Å². The number of urea groups is 1. The predicted octanol–water partition coefficient (Wildman–Crippen LogP) is 3.07. The van der Waals surface area contributed by atoms with E-state index in [4.69, 9.17) is 9.15 Å². The number of hydrogen-bond acceptors (Lipinski definition) is 4. The third-order valence-corrected chi connectivity index (χ3v) is 4.15. The van der Waals surface area contributed by atoms with E-state index in [9.17, 15) is 4.79 Å². The first-order chi connectivity index (χ1) is 11.4. The molecule has 0 saturated carbocycles. The van der Waals surface area contributed by atoms with E-state index in [2.05, 4.69) is 10.3 Å². The van der Waals surface area contributed by atoms with Crippen LogP contribution in [0, 0.1) is 13.8 Å². The van der Waals surface area contributed by atoms with Crippen molar-refractivity contribution >= 4 is 6.03 Å². The van der Waals surface area contributed by atoms with Crippen LogP contribution in [-0.2, 0) is 13.0 Å². The van der Waals surface area contributed by atoms with E-state index in [1.807, 2.05) is 45.0 Å². The predicted molar refractivity (Wildman–Crippen MR) is 92.1 cm³/mol. The Morgan fingerprint density at radius 3 is 2.71 bits per heavy atom. The molecule has 1 atom stereocenters. The number of aromatic nitrogens is 1. The molecular formula is C18H25N3O3. The minimum absolute atomic E-state index is 0.0225. The lowest BCUT2D eigenvalue weighted by atomic mass is 10.1. The quantitative estimate of drug-likeness (QED) is 0.883. The molecule has 1 aromatic heterocycles. The van der Waals surface area contributed by atoms with Gasteiger partial charge in [0, 0.05) is 13.1 Å². The molecule has 24 heavy (non-hydrogen) atoms. The summed E-state index contributed by atoms with van der Waals surface area (Å²) in [5.74, 6) is 2.13. The second kappa shape index (κ2) is 7.86. The summed E-state index contributed by atoms with van der Waals surface area (Å²) in [4.78, 5) is 18.2. The molecule has 6 heteroatoms. The fourth-order valence-corrected chi connectivity index (χ4v) is 2.42. The Labute approximate surface area is 142 Å². The fraction of sp³-hybridized carbons (Fsp3) is 0.444. The van der Waals surface area contributed by atoms with Gasteiger partial charge in [0.1, 0.15) is 11.5 Å². The number of para-hydroxylation sites is 1. The summed E-state index contributed by atoms with van der Waals surface area (Å²) in [7, 11) is 3.43. The standard InChI is InChI=1S/C18H25N3O3/c1-12(10-15-8-6-7-9-16(15)23-5)21(4)18(22)19-11-17-20-13(2)14(3)24-17/h6-9,12H,10-11H2,1-5H3,(H,19,22). The van der Waals surface area contributed by atoms with E-state index < -0.39 is 0 Å². The van der Waals surface area contributed by atoms with Crippen LogP contribution in [0.5, 0.6) is 5.75 Å². The Morgan fingerprint density at radius 2 is 2.08 bits per heavy atom. The SMILES string of the molecule is COc1ccccc1CC(C)N(C)C(=O)NCc1nc(C)c(C)o1. The molecule has 1 unspecified atom stereocenters. The van der Waals surface area contributed by atoms with Crippen LogP contribution in [0.4, 0.5) is 4.79 Å². The van der Waals surface area contributed by atoms with Gasteiger partial charge in [-0.25, -0.2) is 9.78 Å². The van der Waals surface area contributed by atoms with Gasteiger partial charge in [-0.2, -0.15) is 0 Å². The number of benzene rings is 1. The number of methoxy groups -OCH3 is 1. The lowest BCUT2D eigenvalue weighted by Crippen LogP contribution is -2.43. The molecule has 0 radical (unpaired) electrons. The molecule has 0 aliphatic heterocycles. The summed E-state index contributed by atoms with van der Waals surface area (Å²) in [6.45, 7) is 6.02. The fourth-order valence-electron chi connectivity index (χ4n) is 2.42. The molecule has 130 valence electrons. The van der Waals surface area contributed by atoms with Crippen molar-refractivity contribution in [2.75, 3.05) is 14.2 Å². The van der Waals surface area contributed by atoms with Crippen molar-refractivity contribution in [3.8, 4) is 5.75 Å². The van der Waals surface area contributed by atoms with Crippen LogP contribution in [0.3, 0.4) is 0 Å². The molecule has 0 bridgehead atoms. The van der Waals surface area contributed by atoms with Gasteiger partial charge >= 0.3 is 6.03 Å². The van der Waals surface area contributed by atoms with E-state index in [0.717, 1.165) is 22.8 Å². The van der Waals surface area contributed by atoms with Crippen molar-refractivity contribution in [2.24, 2.45) is 0 Å². The van der Waals surface area contributed by atoms with Gasteiger partial charge in [-0.3, -0.25) is 0 Å². The number of aryl methyl sites for hydroxylation is 2. The van der Waals surface area contributed by atoms with Crippen molar-refractivity contribution in [2.45, 2.75) is 39.8 Å². The zero-order valence-corrected chi connectivity index (χ0v) is 14.9. The van der Waals surface area contributed by atoms with Crippen LogP contribution >= 0.6 is 0 Å². The summed E-state index contributed by atoms with van der Waals surface area (Å²) in [6, 6.07) is 7.70. The number of nitrogens with zero attached hydrogens (tertiary/aromatic N) is 2. The lowest BCUT2D eigenvalue weighted by Gasteiger charge is -2.25. The first kappa shape index (κ1) is 17.8. The maximum absolute atomic E-state index is 12.3. The van der Waals surface area contributed by atoms with Gasteiger partial charge in [0.25, 0.3) is 0 Å². The van der Waals surface area contributed by atoms with E-state index in [1.54, 1.807) is 19.1 Å². The summed E-state index contributed by atoms with van der Waals surface area (Å²) in [5, 5.41) is 2.83. The molecule has 1 N–H and O–H groups in total. The number of amides is 2. The molecule has 6 nitrogen and oxygen atoms in total. The first-order valence-electron chi connectivity index (χ1n) is 7.97. The molecule has 0 saturated heterocycles. The van der Waals surface area contributed by atoms with Crippen molar-refractivity contribution < 1.29 is 13.9 Å². The zero-order chi connectivity index (χ0) is 17.7. The minimum atomic E-state index is -0.161. The normalized spacial score (nSPS) is 11.9. The molecular weight excluding hydrogens is 306 g/mol. The van der Waals surface area contributed by atoms with Crippen LogP contribution in [0.25, 0.3) is 0 Å². The highest BCUT2D eigenvalue weighted by Gasteiger charge is 2.18. The molecule has 0 aliphatic rings. The molecule has 0 spiro atoms. The maximum Gasteiger partial charge on any atom is 0.317 e. The average Bonchev–Trinajstić information content (AvgIpc) is 2.90.